The number of amides is 1. The van der Waals surface area contributed by atoms with Gasteiger partial charge in [0.15, 0.2) is 11.6 Å². The minimum absolute atomic E-state index is 0.159. The Hall–Kier alpha value is -3.36. The molecule has 1 amide bonds. The lowest BCUT2D eigenvalue weighted by molar-refractivity contribution is -0.385. The van der Waals surface area contributed by atoms with Crippen LogP contribution < -0.4 is 5.32 Å². The van der Waals surface area contributed by atoms with Gasteiger partial charge in [-0.1, -0.05) is 24.3 Å². The largest absolute Gasteiger partial charge is 0.467 e. The van der Waals surface area contributed by atoms with Crippen LogP contribution in [0.2, 0.25) is 0 Å². The highest BCUT2D eigenvalue weighted by molar-refractivity contribution is 5.86. The number of nitrogens with one attached hydrogen (secondary N) is 1. The Balaban J connectivity index is 2.15. The van der Waals surface area contributed by atoms with Crippen molar-refractivity contribution < 1.29 is 28.0 Å². The van der Waals surface area contributed by atoms with Gasteiger partial charge in [-0.15, -0.1) is 0 Å². The summed E-state index contributed by atoms with van der Waals surface area (Å²) in [6.07, 6.45) is -0.463. The molecule has 0 saturated heterocycles. The summed E-state index contributed by atoms with van der Waals surface area (Å²) in [5.74, 6) is -3.56. The first-order chi connectivity index (χ1) is 12.8. The molecule has 0 saturated carbocycles. The lowest BCUT2D eigenvalue weighted by Gasteiger charge is -2.16. The van der Waals surface area contributed by atoms with Crippen molar-refractivity contribution in [1.29, 1.82) is 0 Å². The maximum absolute atomic E-state index is 13.2. The number of benzene rings is 2. The summed E-state index contributed by atoms with van der Waals surface area (Å²) in [5, 5.41) is 13.5. The number of nitrogens with zero attached hydrogens (tertiary/aromatic N) is 1. The van der Waals surface area contributed by atoms with E-state index in [9.17, 15) is 28.5 Å². The third-order valence-electron chi connectivity index (χ3n) is 3.78. The van der Waals surface area contributed by atoms with Gasteiger partial charge in [-0.3, -0.25) is 14.9 Å². The zero-order valence-corrected chi connectivity index (χ0v) is 14.3. The third kappa shape index (κ3) is 5.30. The Labute approximate surface area is 153 Å². The van der Waals surface area contributed by atoms with Gasteiger partial charge in [-0.25, -0.2) is 13.6 Å². The van der Waals surface area contributed by atoms with Gasteiger partial charge in [-0.05, 0) is 17.7 Å². The van der Waals surface area contributed by atoms with Gasteiger partial charge >= 0.3 is 5.97 Å². The molecule has 0 aromatic heterocycles. The SMILES string of the molecule is COC(=O)[C@H](Cc1ccccc1[N+](=O)[O-])NC(=O)Cc1ccc(F)c(F)c1. The topological polar surface area (TPSA) is 98.5 Å². The normalized spacial score (nSPS) is 11.5. The fourth-order valence-corrected chi connectivity index (χ4v) is 2.50. The predicted octanol–water partition coefficient (Wildman–Crippen LogP) is 2.32. The van der Waals surface area contributed by atoms with E-state index in [1.54, 1.807) is 6.07 Å². The van der Waals surface area contributed by atoms with Crippen molar-refractivity contribution in [1.82, 2.24) is 5.32 Å². The second-order valence-corrected chi connectivity index (χ2v) is 5.66. The Morgan fingerprint density at radius 3 is 2.52 bits per heavy atom. The standard InChI is InChI=1S/C18H16F2N2O5/c1-27-18(24)15(10-12-4-2-3-5-16(12)22(25)26)21-17(23)9-11-6-7-13(19)14(20)8-11/h2-8,15H,9-10H2,1H3,(H,21,23)/t15-/m0/s1. The van der Waals surface area contributed by atoms with E-state index in [0.717, 1.165) is 19.2 Å². The average molecular weight is 378 g/mol. The van der Waals surface area contributed by atoms with Crippen LogP contribution in [0.25, 0.3) is 0 Å². The summed E-state index contributed by atoms with van der Waals surface area (Å²) in [4.78, 5) is 34.7. The van der Waals surface area contributed by atoms with Gasteiger partial charge in [-0.2, -0.15) is 0 Å². The number of carbonyl (C=O) groups excluding carboxylic acids is 2. The Bertz CT molecular complexity index is 873. The fraction of sp³-hybridized carbons (Fsp3) is 0.222. The number of carbonyl (C=O) groups is 2. The van der Waals surface area contributed by atoms with Crippen LogP contribution in [0.15, 0.2) is 42.5 Å². The van der Waals surface area contributed by atoms with E-state index in [0.29, 0.717) is 0 Å². The fourth-order valence-electron chi connectivity index (χ4n) is 2.50. The van der Waals surface area contributed by atoms with Gasteiger partial charge in [0.25, 0.3) is 5.69 Å². The van der Waals surface area contributed by atoms with E-state index in [4.69, 9.17) is 0 Å². The predicted molar refractivity (Wildman–Crippen MR) is 90.8 cm³/mol. The van der Waals surface area contributed by atoms with Crippen molar-refractivity contribution in [3.8, 4) is 0 Å². The van der Waals surface area contributed by atoms with Gasteiger partial charge in [0.2, 0.25) is 5.91 Å². The number of nitro groups is 1. The molecule has 0 bridgehead atoms. The van der Waals surface area contributed by atoms with E-state index in [1.165, 1.54) is 24.3 Å². The van der Waals surface area contributed by atoms with E-state index >= 15 is 0 Å². The maximum Gasteiger partial charge on any atom is 0.328 e. The molecule has 0 aliphatic carbocycles. The number of halogens is 2. The molecule has 7 nitrogen and oxygen atoms in total. The van der Waals surface area contributed by atoms with Gasteiger partial charge < -0.3 is 10.1 Å². The van der Waals surface area contributed by atoms with Crippen LogP contribution in [-0.4, -0.2) is 30.0 Å². The molecule has 0 fully saturated rings. The summed E-state index contributed by atoms with van der Waals surface area (Å²) in [7, 11) is 1.12. The number of ether oxygens (including phenoxy) is 1. The molecule has 1 N–H and O–H groups in total. The zero-order valence-electron chi connectivity index (χ0n) is 14.3. The molecule has 2 aromatic rings. The zero-order chi connectivity index (χ0) is 20.0. The van der Waals surface area contributed by atoms with Crippen LogP contribution in [0, 0.1) is 21.7 Å². The first-order valence-corrected chi connectivity index (χ1v) is 7.85. The second kappa shape index (κ2) is 8.84. The smallest absolute Gasteiger partial charge is 0.328 e. The van der Waals surface area contributed by atoms with E-state index in [2.05, 4.69) is 10.1 Å². The van der Waals surface area contributed by atoms with Gasteiger partial charge in [0.1, 0.15) is 6.04 Å². The monoisotopic (exact) mass is 378 g/mol. The lowest BCUT2D eigenvalue weighted by atomic mass is 10.0. The van der Waals surface area contributed by atoms with Crippen LogP contribution >= 0.6 is 0 Å². The number of para-hydroxylation sites is 1. The molecule has 142 valence electrons. The Morgan fingerprint density at radius 1 is 1.19 bits per heavy atom. The van der Waals surface area contributed by atoms with E-state index < -0.39 is 34.5 Å². The van der Waals surface area contributed by atoms with E-state index in [1.807, 2.05) is 0 Å². The first-order valence-electron chi connectivity index (χ1n) is 7.85. The summed E-state index contributed by atoms with van der Waals surface area (Å²) < 4.78 is 30.8. The molecule has 0 spiro atoms. The van der Waals surface area contributed by atoms with Gasteiger partial charge in [0.05, 0.1) is 18.5 Å². The number of rotatable bonds is 7. The number of hydrogen-bond acceptors (Lipinski definition) is 5. The van der Waals surface area contributed by atoms with Crippen molar-refractivity contribution in [2.45, 2.75) is 18.9 Å². The molecule has 0 unspecified atom stereocenters. The highest BCUT2D eigenvalue weighted by Crippen LogP contribution is 2.19. The molecular formula is C18H16F2N2O5. The van der Waals surface area contributed by atoms with Crippen LogP contribution in [0.1, 0.15) is 11.1 Å². The lowest BCUT2D eigenvalue weighted by Crippen LogP contribution is -2.43. The third-order valence-corrected chi connectivity index (χ3v) is 3.78. The van der Waals surface area contributed by atoms with E-state index in [-0.39, 0.29) is 29.7 Å². The first kappa shape index (κ1) is 20.0. The summed E-state index contributed by atoms with van der Waals surface area (Å²) >= 11 is 0. The molecule has 27 heavy (non-hydrogen) atoms. The van der Waals surface area contributed by atoms with Crippen molar-refractivity contribution in [2.75, 3.05) is 7.11 Å². The van der Waals surface area contributed by atoms with Crippen LogP contribution in [-0.2, 0) is 27.2 Å². The van der Waals surface area contributed by atoms with Crippen molar-refractivity contribution in [3.63, 3.8) is 0 Å². The van der Waals surface area contributed by atoms with Crippen molar-refractivity contribution in [2.24, 2.45) is 0 Å². The molecule has 9 heteroatoms. The average Bonchev–Trinajstić information content (AvgIpc) is 2.63. The van der Waals surface area contributed by atoms with Crippen LogP contribution in [0.4, 0.5) is 14.5 Å². The van der Waals surface area contributed by atoms with Crippen LogP contribution in [0.5, 0.6) is 0 Å². The molecule has 0 radical (unpaired) electrons. The minimum atomic E-state index is -1.17. The number of esters is 1. The maximum atomic E-state index is 13.2. The molecular weight excluding hydrogens is 362 g/mol. The summed E-state index contributed by atoms with van der Waals surface area (Å²) in [6, 6.07) is 7.65. The molecule has 0 aliphatic rings. The number of methoxy groups -OCH3 is 1. The Kier molecular flexibility index (Phi) is 6.53. The summed E-state index contributed by atoms with van der Waals surface area (Å²) in [6.45, 7) is 0. The van der Waals surface area contributed by atoms with Crippen molar-refractivity contribution in [3.05, 3.63) is 75.3 Å². The molecule has 0 heterocycles. The number of nitro benzene ring substituents is 1. The quantitative estimate of drug-likeness (QED) is 0.453. The number of hydrogen-bond donors (Lipinski definition) is 1. The minimum Gasteiger partial charge on any atom is -0.467 e. The summed E-state index contributed by atoms with van der Waals surface area (Å²) in [5.41, 5.74) is 0.257. The molecule has 0 aliphatic heterocycles. The highest BCUT2D eigenvalue weighted by atomic mass is 19.2. The molecule has 1 atom stereocenters. The van der Waals surface area contributed by atoms with Crippen molar-refractivity contribution >= 4 is 17.6 Å². The molecule has 2 rings (SSSR count). The molecule has 2 aromatic carbocycles. The van der Waals surface area contributed by atoms with Crippen LogP contribution in [0.3, 0.4) is 0 Å². The van der Waals surface area contributed by atoms with Gasteiger partial charge in [0, 0.05) is 18.1 Å². The second-order valence-electron chi connectivity index (χ2n) is 5.66. The highest BCUT2D eigenvalue weighted by Gasteiger charge is 2.25. The Morgan fingerprint density at radius 2 is 1.89 bits per heavy atom.